The van der Waals surface area contributed by atoms with Crippen LogP contribution in [0.4, 0.5) is 0 Å². The van der Waals surface area contributed by atoms with Crippen molar-refractivity contribution >= 4 is 27.4 Å². The van der Waals surface area contributed by atoms with Gasteiger partial charge in [0.25, 0.3) is 0 Å². The van der Waals surface area contributed by atoms with E-state index in [0.717, 1.165) is 25.9 Å². The molecular weight excluding hydrogens is 392 g/mol. The van der Waals surface area contributed by atoms with Gasteiger partial charge in [0.15, 0.2) is 5.11 Å². The van der Waals surface area contributed by atoms with E-state index in [0.29, 0.717) is 42.1 Å². The summed E-state index contributed by atoms with van der Waals surface area (Å²) in [5.74, 6) is 0.437. The van der Waals surface area contributed by atoms with Crippen molar-refractivity contribution in [3.05, 3.63) is 29.8 Å². The van der Waals surface area contributed by atoms with Gasteiger partial charge < -0.3 is 15.1 Å². The fourth-order valence-electron chi connectivity index (χ4n) is 3.19. The minimum atomic E-state index is -3.45. The zero-order valence-electron chi connectivity index (χ0n) is 17.5. The number of nitrogens with zero attached hydrogens (tertiary/aromatic N) is 3. The van der Waals surface area contributed by atoms with Gasteiger partial charge in [0.05, 0.1) is 4.90 Å². The number of benzene rings is 1. The first-order chi connectivity index (χ1) is 13.3. The van der Waals surface area contributed by atoms with Gasteiger partial charge >= 0.3 is 0 Å². The summed E-state index contributed by atoms with van der Waals surface area (Å²) in [6.45, 7) is 8.27. The Labute approximate surface area is 175 Å². The first kappa shape index (κ1) is 23.1. The molecule has 1 aliphatic heterocycles. The van der Waals surface area contributed by atoms with Crippen LogP contribution < -0.4 is 5.32 Å². The van der Waals surface area contributed by atoms with Crippen LogP contribution in [0.2, 0.25) is 0 Å². The molecule has 0 aromatic heterocycles. The first-order valence-electron chi connectivity index (χ1n) is 10.0. The van der Waals surface area contributed by atoms with Crippen LogP contribution in [-0.4, -0.2) is 81.0 Å². The molecule has 1 aliphatic rings. The molecule has 1 atom stereocenters. The molecule has 1 aromatic rings. The second-order valence-electron chi connectivity index (χ2n) is 7.66. The van der Waals surface area contributed by atoms with Gasteiger partial charge in [-0.15, -0.1) is 0 Å². The maximum atomic E-state index is 12.9. The predicted molar refractivity (Wildman–Crippen MR) is 119 cm³/mol. The Hall–Kier alpha value is -1.22. The minimum Gasteiger partial charge on any atom is -0.363 e. The van der Waals surface area contributed by atoms with Crippen LogP contribution >= 0.6 is 12.2 Å². The van der Waals surface area contributed by atoms with Crippen LogP contribution in [0.3, 0.4) is 0 Å². The Balaban J connectivity index is 1.88. The summed E-state index contributed by atoms with van der Waals surface area (Å²) in [6.07, 6.45) is 2.06. The van der Waals surface area contributed by atoms with Crippen LogP contribution in [-0.2, 0) is 10.0 Å². The van der Waals surface area contributed by atoms with Crippen molar-refractivity contribution in [1.82, 2.24) is 19.4 Å². The maximum absolute atomic E-state index is 12.9. The summed E-state index contributed by atoms with van der Waals surface area (Å²) in [4.78, 5) is 4.57. The lowest BCUT2D eigenvalue weighted by molar-refractivity contribution is 0.263. The van der Waals surface area contributed by atoms with Crippen LogP contribution in [0.15, 0.2) is 29.2 Å². The number of rotatable bonds is 8. The van der Waals surface area contributed by atoms with Crippen molar-refractivity contribution in [1.29, 1.82) is 0 Å². The molecule has 0 bridgehead atoms. The second-order valence-corrected chi connectivity index (χ2v) is 9.98. The summed E-state index contributed by atoms with van der Waals surface area (Å²) in [7, 11) is 0.650. The lowest BCUT2D eigenvalue weighted by Crippen LogP contribution is -2.53. The highest BCUT2D eigenvalue weighted by Gasteiger charge is 2.29. The number of thiocarbonyl (C=S) groups is 1. The number of piperazine rings is 1. The number of hydrogen-bond donors (Lipinski definition) is 1. The predicted octanol–water partition coefficient (Wildman–Crippen LogP) is 2.33. The largest absolute Gasteiger partial charge is 0.363 e. The van der Waals surface area contributed by atoms with Gasteiger partial charge in [0, 0.05) is 32.7 Å². The van der Waals surface area contributed by atoms with Crippen molar-refractivity contribution in [2.24, 2.45) is 0 Å². The Kier molecular flexibility index (Phi) is 8.67. The van der Waals surface area contributed by atoms with Gasteiger partial charge in [0.1, 0.15) is 0 Å². The van der Waals surface area contributed by atoms with Gasteiger partial charge in [-0.1, -0.05) is 26.0 Å². The molecule has 1 heterocycles. The summed E-state index contributed by atoms with van der Waals surface area (Å²) in [5.41, 5.74) is 1.18. The lowest BCUT2D eigenvalue weighted by Gasteiger charge is -2.35. The Morgan fingerprint density at radius 2 is 1.79 bits per heavy atom. The Morgan fingerprint density at radius 1 is 1.18 bits per heavy atom. The average Bonchev–Trinajstić information content (AvgIpc) is 2.70. The minimum absolute atomic E-state index is 0.373. The Bertz CT molecular complexity index is 727. The molecule has 0 saturated carbocycles. The third kappa shape index (κ3) is 6.14. The highest BCUT2D eigenvalue weighted by Crippen LogP contribution is 2.23. The van der Waals surface area contributed by atoms with Crippen molar-refractivity contribution in [3.63, 3.8) is 0 Å². The fraction of sp³-hybridized carbons (Fsp3) is 0.650. The van der Waals surface area contributed by atoms with Crippen molar-refractivity contribution in [3.8, 4) is 0 Å². The summed E-state index contributed by atoms with van der Waals surface area (Å²) in [5, 5.41) is 3.99. The molecule has 1 fully saturated rings. The highest BCUT2D eigenvalue weighted by atomic mass is 32.2. The van der Waals surface area contributed by atoms with Crippen molar-refractivity contribution in [2.45, 2.75) is 37.5 Å². The molecule has 1 N–H and O–H groups in total. The van der Waals surface area contributed by atoms with E-state index in [1.165, 1.54) is 5.56 Å². The molecule has 0 amide bonds. The molecule has 0 aliphatic carbocycles. The third-order valence-corrected chi connectivity index (χ3v) is 7.60. The smallest absolute Gasteiger partial charge is 0.243 e. The van der Waals surface area contributed by atoms with Crippen LogP contribution in [0.25, 0.3) is 0 Å². The molecule has 6 nitrogen and oxygen atoms in total. The highest BCUT2D eigenvalue weighted by molar-refractivity contribution is 7.89. The van der Waals surface area contributed by atoms with E-state index in [-0.39, 0.29) is 0 Å². The van der Waals surface area contributed by atoms with Crippen LogP contribution in [0.1, 0.15) is 38.2 Å². The quantitative estimate of drug-likeness (QED) is 0.509. The third-order valence-electron chi connectivity index (χ3n) is 5.28. The van der Waals surface area contributed by atoms with Gasteiger partial charge in [-0.3, -0.25) is 0 Å². The van der Waals surface area contributed by atoms with Crippen molar-refractivity contribution in [2.75, 3.05) is 53.4 Å². The molecule has 1 aromatic carbocycles. The van der Waals surface area contributed by atoms with Gasteiger partial charge in [-0.05, 0) is 69.3 Å². The van der Waals surface area contributed by atoms with Gasteiger partial charge in [-0.2, -0.15) is 4.31 Å². The summed E-state index contributed by atoms with van der Waals surface area (Å²) in [6, 6.07) is 7.34. The molecule has 0 radical (unpaired) electrons. The lowest BCUT2D eigenvalue weighted by atomic mass is 9.99. The standard InChI is InChI=1S/C20H34N4O2S2/c1-5-17(2)18-7-9-19(10-8-18)28(25,26)24-15-13-23(14-16-24)20(27)21-11-6-12-22(3)4/h7-10,17H,5-6,11-16H2,1-4H3,(H,21,27)/t17-/m1/s1. The molecule has 0 spiro atoms. The second kappa shape index (κ2) is 10.5. The average molecular weight is 427 g/mol. The molecule has 2 rings (SSSR count). The van der Waals surface area contributed by atoms with E-state index in [1.807, 2.05) is 12.1 Å². The zero-order valence-corrected chi connectivity index (χ0v) is 19.2. The van der Waals surface area contributed by atoms with E-state index in [1.54, 1.807) is 16.4 Å². The van der Waals surface area contributed by atoms with E-state index in [9.17, 15) is 8.42 Å². The maximum Gasteiger partial charge on any atom is 0.243 e. The summed E-state index contributed by atoms with van der Waals surface area (Å²) < 4.78 is 27.5. The zero-order chi connectivity index (χ0) is 20.7. The van der Waals surface area contributed by atoms with Gasteiger partial charge in [0.2, 0.25) is 10.0 Å². The van der Waals surface area contributed by atoms with Crippen LogP contribution in [0, 0.1) is 0 Å². The molecule has 1 saturated heterocycles. The monoisotopic (exact) mass is 426 g/mol. The fourth-order valence-corrected chi connectivity index (χ4v) is 4.89. The van der Waals surface area contributed by atoms with E-state index >= 15 is 0 Å². The van der Waals surface area contributed by atoms with Gasteiger partial charge in [-0.25, -0.2) is 8.42 Å². The SMILES string of the molecule is CC[C@@H](C)c1ccc(S(=O)(=O)N2CCN(C(=S)NCCCN(C)C)CC2)cc1. The number of nitrogens with one attached hydrogen (secondary N) is 1. The first-order valence-corrected chi connectivity index (χ1v) is 11.9. The number of hydrogen-bond acceptors (Lipinski definition) is 4. The summed E-state index contributed by atoms with van der Waals surface area (Å²) >= 11 is 5.46. The van der Waals surface area contributed by atoms with E-state index in [2.05, 4.69) is 43.1 Å². The van der Waals surface area contributed by atoms with E-state index < -0.39 is 10.0 Å². The van der Waals surface area contributed by atoms with Crippen molar-refractivity contribution < 1.29 is 8.42 Å². The topological polar surface area (TPSA) is 55.9 Å². The molecular formula is C20H34N4O2S2. The molecule has 28 heavy (non-hydrogen) atoms. The molecule has 158 valence electrons. The molecule has 8 heteroatoms. The molecule has 0 unspecified atom stereocenters. The Morgan fingerprint density at radius 3 is 2.32 bits per heavy atom. The normalized spacial score (nSPS) is 17.0. The van der Waals surface area contributed by atoms with Crippen LogP contribution in [0.5, 0.6) is 0 Å². The number of sulfonamides is 1. The van der Waals surface area contributed by atoms with E-state index in [4.69, 9.17) is 12.2 Å².